The van der Waals surface area contributed by atoms with Gasteiger partial charge in [0.1, 0.15) is 5.75 Å². The van der Waals surface area contributed by atoms with Gasteiger partial charge in [-0.1, -0.05) is 5.16 Å². The summed E-state index contributed by atoms with van der Waals surface area (Å²) in [5.41, 5.74) is 0.871. The molecule has 0 aliphatic heterocycles. The van der Waals surface area contributed by atoms with Crippen LogP contribution in [-0.4, -0.2) is 42.2 Å². The number of nitrogens with zero attached hydrogens (tertiary/aromatic N) is 2. The number of anilines is 1. The molecule has 114 valence electrons. The van der Waals surface area contributed by atoms with Crippen LogP contribution in [0.1, 0.15) is 11.7 Å². The molecule has 1 heterocycles. The fourth-order valence-electron chi connectivity index (χ4n) is 1.63. The molecule has 0 unspecified atom stereocenters. The van der Waals surface area contributed by atoms with Gasteiger partial charge in [0.15, 0.2) is 5.82 Å². The number of aromatic hydroxyl groups is 1. The lowest BCUT2D eigenvalue weighted by Gasteiger charge is -2.02. The second-order valence-electron chi connectivity index (χ2n) is 4.36. The van der Waals surface area contributed by atoms with Crippen LogP contribution in [0.25, 0.3) is 0 Å². The van der Waals surface area contributed by atoms with Crippen LogP contribution in [0.3, 0.4) is 0 Å². The van der Waals surface area contributed by atoms with Crippen molar-refractivity contribution in [2.24, 2.45) is 0 Å². The zero-order valence-corrected chi connectivity index (χ0v) is 11.9. The molecule has 0 aliphatic rings. The number of phenolic OH excluding ortho intramolecular Hbond substituents is 1. The standard InChI is InChI=1S/C14H19N3O4/c1-19-8-9-20-7-6-13-16-14(21-17-13)10-15-11-2-4-12(18)5-3-11/h2-5,15,18H,6-10H2,1H3. The van der Waals surface area contributed by atoms with Gasteiger partial charge in [-0.3, -0.25) is 0 Å². The Balaban J connectivity index is 1.71. The maximum Gasteiger partial charge on any atom is 0.245 e. The maximum atomic E-state index is 9.19. The molecular formula is C14H19N3O4. The average Bonchev–Trinajstić information content (AvgIpc) is 2.94. The van der Waals surface area contributed by atoms with E-state index >= 15 is 0 Å². The van der Waals surface area contributed by atoms with Crippen LogP contribution in [0.2, 0.25) is 0 Å². The molecule has 7 heteroatoms. The van der Waals surface area contributed by atoms with E-state index in [-0.39, 0.29) is 5.75 Å². The first-order valence-corrected chi connectivity index (χ1v) is 6.69. The van der Waals surface area contributed by atoms with Crippen LogP contribution in [0, 0.1) is 0 Å². The minimum absolute atomic E-state index is 0.231. The largest absolute Gasteiger partial charge is 0.508 e. The number of phenols is 1. The summed E-state index contributed by atoms with van der Waals surface area (Å²) in [6.07, 6.45) is 0.604. The number of nitrogens with one attached hydrogen (secondary N) is 1. The van der Waals surface area contributed by atoms with Crippen LogP contribution in [-0.2, 0) is 22.4 Å². The summed E-state index contributed by atoms with van der Waals surface area (Å²) in [7, 11) is 1.63. The Morgan fingerprint density at radius 1 is 1.19 bits per heavy atom. The number of aromatic nitrogens is 2. The minimum atomic E-state index is 0.231. The van der Waals surface area contributed by atoms with Gasteiger partial charge in [-0.05, 0) is 24.3 Å². The molecule has 0 spiro atoms. The second-order valence-corrected chi connectivity index (χ2v) is 4.36. The summed E-state index contributed by atoms with van der Waals surface area (Å²) in [4.78, 5) is 4.26. The van der Waals surface area contributed by atoms with Crippen molar-refractivity contribution in [2.75, 3.05) is 32.2 Å². The van der Waals surface area contributed by atoms with E-state index in [9.17, 15) is 5.11 Å². The lowest BCUT2D eigenvalue weighted by molar-refractivity contribution is 0.0714. The first kappa shape index (κ1) is 15.3. The van der Waals surface area contributed by atoms with E-state index in [2.05, 4.69) is 15.5 Å². The predicted molar refractivity (Wildman–Crippen MR) is 76.1 cm³/mol. The van der Waals surface area contributed by atoms with Crippen LogP contribution in [0.15, 0.2) is 28.8 Å². The maximum absolute atomic E-state index is 9.19. The molecular weight excluding hydrogens is 274 g/mol. The van der Waals surface area contributed by atoms with Gasteiger partial charge in [-0.25, -0.2) is 0 Å². The van der Waals surface area contributed by atoms with Crippen molar-refractivity contribution in [3.8, 4) is 5.75 Å². The van der Waals surface area contributed by atoms with E-state index < -0.39 is 0 Å². The minimum Gasteiger partial charge on any atom is -0.508 e. The van der Waals surface area contributed by atoms with E-state index in [1.54, 1.807) is 31.4 Å². The van der Waals surface area contributed by atoms with E-state index in [1.165, 1.54) is 0 Å². The Morgan fingerprint density at radius 3 is 2.76 bits per heavy atom. The molecule has 1 aromatic carbocycles. The molecule has 0 saturated heterocycles. The van der Waals surface area contributed by atoms with Crippen LogP contribution < -0.4 is 5.32 Å². The Bertz CT molecular complexity index is 527. The first-order chi connectivity index (χ1) is 10.3. The van der Waals surface area contributed by atoms with Gasteiger partial charge in [0.2, 0.25) is 5.89 Å². The summed E-state index contributed by atoms with van der Waals surface area (Å²) >= 11 is 0. The lowest BCUT2D eigenvalue weighted by Crippen LogP contribution is -2.06. The third kappa shape index (κ3) is 5.41. The van der Waals surface area contributed by atoms with Crippen molar-refractivity contribution in [1.29, 1.82) is 0 Å². The number of methoxy groups -OCH3 is 1. The van der Waals surface area contributed by atoms with Crippen LogP contribution >= 0.6 is 0 Å². The van der Waals surface area contributed by atoms with Crippen molar-refractivity contribution in [3.63, 3.8) is 0 Å². The van der Waals surface area contributed by atoms with E-state index in [0.29, 0.717) is 44.5 Å². The first-order valence-electron chi connectivity index (χ1n) is 6.69. The summed E-state index contributed by atoms with van der Waals surface area (Å²) < 4.78 is 15.4. The van der Waals surface area contributed by atoms with Crippen molar-refractivity contribution in [2.45, 2.75) is 13.0 Å². The molecule has 2 N–H and O–H groups in total. The van der Waals surface area contributed by atoms with Gasteiger partial charge in [0, 0.05) is 19.2 Å². The number of rotatable bonds is 9. The van der Waals surface area contributed by atoms with Crippen LogP contribution in [0.5, 0.6) is 5.75 Å². The molecule has 0 saturated carbocycles. The molecule has 0 radical (unpaired) electrons. The average molecular weight is 293 g/mol. The molecule has 0 aliphatic carbocycles. The SMILES string of the molecule is COCCOCCc1noc(CNc2ccc(O)cc2)n1. The smallest absolute Gasteiger partial charge is 0.245 e. The summed E-state index contributed by atoms with van der Waals surface area (Å²) in [6, 6.07) is 6.77. The van der Waals surface area contributed by atoms with E-state index in [4.69, 9.17) is 14.0 Å². The Labute approximate surface area is 122 Å². The van der Waals surface area contributed by atoms with Gasteiger partial charge >= 0.3 is 0 Å². The molecule has 2 rings (SSSR count). The fourth-order valence-corrected chi connectivity index (χ4v) is 1.63. The molecule has 0 atom stereocenters. The second kappa shape index (κ2) is 8.23. The third-order valence-electron chi connectivity index (χ3n) is 2.72. The van der Waals surface area contributed by atoms with E-state index in [0.717, 1.165) is 5.69 Å². The van der Waals surface area contributed by atoms with Gasteiger partial charge in [-0.15, -0.1) is 0 Å². The van der Waals surface area contributed by atoms with Gasteiger partial charge in [-0.2, -0.15) is 4.98 Å². The zero-order valence-electron chi connectivity index (χ0n) is 11.9. The number of ether oxygens (including phenoxy) is 2. The molecule has 0 fully saturated rings. The Kier molecular flexibility index (Phi) is 5.99. The number of hydrogen-bond acceptors (Lipinski definition) is 7. The quantitative estimate of drug-likeness (QED) is 0.536. The molecule has 21 heavy (non-hydrogen) atoms. The summed E-state index contributed by atoms with van der Waals surface area (Å²) in [5, 5.41) is 16.2. The Hall–Kier alpha value is -2.12. The molecule has 7 nitrogen and oxygen atoms in total. The number of benzene rings is 1. The lowest BCUT2D eigenvalue weighted by atomic mass is 10.3. The monoisotopic (exact) mass is 293 g/mol. The highest BCUT2D eigenvalue weighted by molar-refractivity contribution is 5.45. The highest BCUT2D eigenvalue weighted by atomic mass is 16.5. The van der Waals surface area contributed by atoms with Gasteiger partial charge in [0.25, 0.3) is 0 Å². The predicted octanol–water partition coefficient (Wildman–Crippen LogP) is 1.59. The fraction of sp³-hybridized carbons (Fsp3) is 0.429. The molecule has 2 aromatic rings. The van der Waals surface area contributed by atoms with Crippen LogP contribution in [0.4, 0.5) is 5.69 Å². The summed E-state index contributed by atoms with van der Waals surface area (Å²) in [6.45, 7) is 2.10. The third-order valence-corrected chi connectivity index (χ3v) is 2.72. The van der Waals surface area contributed by atoms with E-state index in [1.807, 2.05) is 0 Å². The van der Waals surface area contributed by atoms with Crippen molar-refractivity contribution >= 4 is 5.69 Å². The van der Waals surface area contributed by atoms with Crippen molar-refractivity contribution < 1.29 is 19.1 Å². The number of hydrogen-bond donors (Lipinski definition) is 2. The Morgan fingerprint density at radius 2 is 2.00 bits per heavy atom. The molecule has 0 bridgehead atoms. The highest BCUT2D eigenvalue weighted by Crippen LogP contribution is 2.14. The summed E-state index contributed by atoms with van der Waals surface area (Å²) in [5.74, 6) is 1.36. The normalized spacial score (nSPS) is 10.7. The van der Waals surface area contributed by atoms with Crippen molar-refractivity contribution in [1.82, 2.24) is 10.1 Å². The molecule has 0 amide bonds. The van der Waals surface area contributed by atoms with Crippen molar-refractivity contribution in [3.05, 3.63) is 36.0 Å². The zero-order chi connectivity index (χ0) is 14.9. The highest BCUT2D eigenvalue weighted by Gasteiger charge is 2.06. The van der Waals surface area contributed by atoms with Gasteiger partial charge in [0.05, 0.1) is 26.4 Å². The van der Waals surface area contributed by atoms with Gasteiger partial charge < -0.3 is 24.4 Å². The topological polar surface area (TPSA) is 89.6 Å². The molecule has 1 aromatic heterocycles.